The minimum Gasteiger partial charge on any atom is -0.395 e. The third-order valence-electron chi connectivity index (χ3n) is 2.93. The van der Waals surface area contributed by atoms with Crippen LogP contribution in [-0.4, -0.2) is 48.9 Å². The number of hydrogen-bond acceptors (Lipinski definition) is 4. The van der Waals surface area contributed by atoms with Crippen LogP contribution in [0.4, 0.5) is 0 Å². The van der Waals surface area contributed by atoms with Gasteiger partial charge in [0.25, 0.3) is 10.2 Å². The minimum absolute atomic E-state index is 0.0517. The first-order valence-electron chi connectivity index (χ1n) is 6.84. The topological polar surface area (TPSA) is 60.9 Å². The van der Waals surface area contributed by atoms with Crippen molar-refractivity contribution in [2.75, 3.05) is 26.7 Å². The summed E-state index contributed by atoms with van der Waals surface area (Å²) in [5.41, 5.74) is 0.923. The number of hydrogen-bond donors (Lipinski definition) is 1. The SMILES string of the molecule is CCN(CC)S(=O)(=O)N(C)Cc1csc(C#CCCO)c1. The van der Waals surface area contributed by atoms with Crippen LogP contribution in [0.2, 0.25) is 0 Å². The van der Waals surface area contributed by atoms with E-state index in [4.69, 9.17) is 5.11 Å². The summed E-state index contributed by atoms with van der Waals surface area (Å²) >= 11 is 1.48. The molecule has 1 heterocycles. The van der Waals surface area contributed by atoms with Gasteiger partial charge in [-0.15, -0.1) is 11.3 Å². The van der Waals surface area contributed by atoms with Gasteiger partial charge in [-0.2, -0.15) is 17.0 Å². The second-order valence-electron chi connectivity index (χ2n) is 4.44. The first-order chi connectivity index (χ1) is 9.95. The van der Waals surface area contributed by atoms with Gasteiger partial charge in [0, 0.05) is 33.1 Å². The van der Waals surface area contributed by atoms with Gasteiger partial charge in [0.2, 0.25) is 0 Å². The molecule has 0 saturated carbocycles. The summed E-state index contributed by atoms with van der Waals surface area (Å²) in [6.07, 6.45) is 0.448. The van der Waals surface area contributed by atoms with Crippen molar-refractivity contribution in [3.8, 4) is 11.8 Å². The average Bonchev–Trinajstić information content (AvgIpc) is 2.87. The third kappa shape index (κ3) is 5.09. The lowest BCUT2D eigenvalue weighted by molar-refractivity contribution is 0.305. The summed E-state index contributed by atoms with van der Waals surface area (Å²) in [7, 11) is -1.82. The molecule has 1 aromatic heterocycles. The van der Waals surface area contributed by atoms with Crippen LogP contribution in [-0.2, 0) is 16.8 Å². The van der Waals surface area contributed by atoms with Gasteiger partial charge in [0.1, 0.15) is 0 Å². The average molecular weight is 330 g/mol. The standard InChI is InChI=1S/C14H22N2O3S2/c1-4-16(5-2)21(18,19)15(3)11-13-10-14(20-12-13)8-6-7-9-17/h10,12,17H,4-5,7,9,11H2,1-3H3. The molecular formula is C14H22N2O3S2. The Labute approximate surface area is 131 Å². The molecule has 0 aliphatic carbocycles. The van der Waals surface area contributed by atoms with Crippen LogP contribution in [0.3, 0.4) is 0 Å². The van der Waals surface area contributed by atoms with E-state index in [-0.39, 0.29) is 6.61 Å². The first-order valence-corrected chi connectivity index (χ1v) is 9.11. The Balaban J connectivity index is 2.76. The molecule has 0 unspecified atom stereocenters. The molecule has 1 aromatic rings. The van der Waals surface area contributed by atoms with Crippen LogP contribution in [0.1, 0.15) is 30.7 Å². The molecule has 118 valence electrons. The molecule has 0 bridgehead atoms. The highest BCUT2D eigenvalue weighted by molar-refractivity contribution is 7.86. The first kappa shape index (κ1) is 18.1. The quantitative estimate of drug-likeness (QED) is 0.771. The van der Waals surface area contributed by atoms with Gasteiger partial charge in [-0.25, -0.2) is 0 Å². The molecule has 0 aliphatic heterocycles. The highest BCUT2D eigenvalue weighted by Gasteiger charge is 2.24. The number of thiophene rings is 1. The van der Waals surface area contributed by atoms with E-state index < -0.39 is 10.2 Å². The fourth-order valence-corrected chi connectivity index (χ4v) is 3.95. The summed E-state index contributed by atoms with van der Waals surface area (Å²) in [6, 6.07) is 1.89. The fraction of sp³-hybridized carbons (Fsp3) is 0.571. The Morgan fingerprint density at radius 2 is 2.00 bits per heavy atom. The molecule has 21 heavy (non-hydrogen) atoms. The minimum atomic E-state index is -3.41. The maximum absolute atomic E-state index is 12.3. The van der Waals surface area contributed by atoms with Gasteiger partial charge >= 0.3 is 0 Å². The number of nitrogens with zero attached hydrogens (tertiary/aromatic N) is 2. The van der Waals surface area contributed by atoms with Gasteiger partial charge in [-0.05, 0) is 17.0 Å². The van der Waals surface area contributed by atoms with Crippen LogP contribution in [0.25, 0.3) is 0 Å². The third-order valence-corrected chi connectivity index (χ3v) is 5.91. The van der Waals surface area contributed by atoms with Gasteiger partial charge < -0.3 is 5.11 Å². The molecular weight excluding hydrogens is 308 g/mol. The monoisotopic (exact) mass is 330 g/mol. The molecule has 0 fully saturated rings. The largest absolute Gasteiger partial charge is 0.395 e. The predicted molar refractivity (Wildman–Crippen MR) is 86.2 cm³/mol. The van der Waals surface area contributed by atoms with E-state index in [9.17, 15) is 8.42 Å². The van der Waals surface area contributed by atoms with Crippen LogP contribution in [0, 0.1) is 11.8 Å². The Morgan fingerprint density at radius 3 is 2.57 bits per heavy atom. The smallest absolute Gasteiger partial charge is 0.282 e. The van der Waals surface area contributed by atoms with Crippen LogP contribution in [0.15, 0.2) is 11.4 Å². The van der Waals surface area contributed by atoms with Crippen molar-refractivity contribution in [1.29, 1.82) is 0 Å². The summed E-state index contributed by atoms with van der Waals surface area (Å²) in [4.78, 5) is 0.882. The molecule has 0 atom stereocenters. The molecule has 0 amide bonds. The Hall–Kier alpha value is -0.910. The summed E-state index contributed by atoms with van der Waals surface area (Å²) in [5, 5.41) is 10.6. The van der Waals surface area contributed by atoms with E-state index in [2.05, 4.69) is 11.8 Å². The van der Waals surface area contributed by atoms with Crippen molar-refractivity contribution in [3.05, 3.63) is 21.9 Å². The van der Waals surface area contributed by atoms with Gasteiger partial charge in [-0.3, -0.25) is 0 Å². The fourth-order valence-electron chi connectivity index (χ4n) is 1.82. The molecule has 1 N–H and O–H groups in total. The molecule has 0 saturated heterocycles. The van der Waals surface area contributed by atoms with Gasteiger partial charge in [-0.1, -0.05) is 25.7 Å². The van der Waals surface area contributed by atoms with Crippen molar-refractivity contribution in [3.63, 3.8) is 0 Å². The molecule has 0 aromatic carbocycles. The van der Waals surface area contributed by atoms with Gasteiger partial charge in [0.05, 0.1) is 11.5 Å². The van der Waals surface area contributed by atoms with E-state index in [1.165, 1.54) is 19.9 Å². The van der Waals surface area contributed by atoms with Crippen molar-refractivity contribution < 1.29 is 13.5 Å². The number of rotatable bonds is 7. The van der Waals surface area contributed by atoms with Crippen molar-refractivity contribution in [2.45, 2.75) is 26.8 Å². The lowest BCUT2D eigenvalue weighted by Gasteiger charge is -2.25. The second-order valence-corrected chi connectivity index (χ2v) is 7.39. The van der Waals surface area contributed by atoms with E-state index >= 15 is 0 Å². The molecule has 5 nitrogen and oxygen atoms in total. The van der Waals surface area contributed by atoms with Crippen LogP contribution >= 0.6 is 11.3 Å². The zero-order valence-electron chi connectivity index (χ0n) is 12.7. The van der Waals surface area contributed by atoms with E-state index in [1.807, 2.05) is 25.3 Å². The molecule has 7 heteroatoms. The Morgan fingerprint density at radius 1 is 1.33 bits per heavy atom. The maximum Gasteiger partial charge on any atom is 0.282 e. The molecule has 0 spiro atoms. The highest BCUT2D eigenvalue weighted by Crippen LogP contribution is 2.17. The lowest BCUT2D eigenvalue weighted by atomic mass is 10.3. The van der Waals surface area contributed by atoms with E-state index in [0.29, 0.717) is 26.1 Å². The maximum atomic E-state index is 12.3. The van der Waals surface area contributed by atoms with E-state index in [1.54, 1.807) is 7.05 Å². The molecule has 0 radical (unpaired) electrons. The molecule has 1 rings (SSSR count). The van der Waals surface area contributed by atoms with Crippen molar-refractivity contribution in [1.82, 2.24) is 8.61 Å². The summed E-state index contributed by atoms with van der Waals surface area (Å²) < 4.78 is 27.4. The van der Waals surface area contributed by atoms with E-state index in [0.717, 1.165) is 10.4 Å². The molecule has 0 aliphatic rings. The normalized spacial score (nSPS) is 11.7. The zero-order chi connectivity index (χ0) is 15.9. The second kappa shape index (κ2) is 8.51. The van der Waals surface area contributed by atoms with Crippen LogP contribution < -0.4 is 0 Å². The Kier molecular flexibility index (Phi) is 7.35. The summed E-state index contributed by atoms with van der Waals surface area (Å²) in [5.74, 6) is 5.81. The van der Waals surface area contributed by atoms with Crippen molar-refractivity contribution >= 4 is 21.5 Å². The van der Waals surface area contributed by atoms with Crippen LogP contribution in [0.5, 0.6) is 0 Å². The Bertz CT molecular complexity index is 595. The number of aliphatic hydroxyl groups excluding tert-OH is 1. The van der Waals surface area contributed by atoms with Crippen molar-refractivity contribution in [2.24, 2.45) is 0 Å². The highest BCUT2D eigenvalue weighted by atomic mass is 32.2. The zero-order valence-corrected chi connectivity index (χ0v) is 14.3. The lowest BCUT2D eigenvalue weighted by Crippen LogP contribution is -2.41. The number of aliphatic hydroxyl groups is 1. The predicted octanol–water partition coefficient (Wildman–Crippen LogP) is 1.50. The van der Waals surface area contributed by atoms with Gasteiger partial charge in [0.15, 0.2) is 0 Å². The summed E-state index contributed by atoms with van der Waals surface area (Å²) in [6.45, 7) is 4.96.